The van der Waals surface area contributed by atoms with Crippen molar-refractivity contribution in [1.82, 2.24) is 4.90 Å². The van der Waals surface area contributed by atoms with Crippen molar-refractivity contribution in [3.63, 3.8) is 0 Å². The molecule has 0 spiro atoms. The fourth-order valence-electron chi connectivity index (χ4n) is 2.62. The lowest BCUT2D eigenvalue weighted by atomic mass is 10.2. The number of anilines is 1. The number of halogens is 1. The standard InChI is InChI=1S/C21H27FN2O2/c1-4-20(26-19-13-9-17(22)10-14-19)21(25)23-18-11-7-16(8-12-18)15-24(5-2)6-3/h7-14,20H,4-6,15H2,1-3H3,(H,23,25)/t20-/m1/s1. The van der Waals surface area contributed by atoms with E-state index in [0.717, 1.165) is 25.3 Å². The maximum atomic E-state index is 13.0. The third-order valence-electron chi connectivity index (χ3n) is 4.28. The van der Waals surface area contributed by atoms with Crippen LogP contribution in [-0.4, -0.2) is 30.0 Å². The highest BCUT2D eigenvalue weighted by atomic mass is 19.1. The van der Waals surface area contributed by atoms with Gasteiger partial charge in [0.25, 0.3) is 5.91 Å². The SMILES string of the molecule is CC[C@@H](Oc1ccc(F)cc1)C(=O)Nc1ccc(CN(CC)CC)cc1. The van der Waals surface area contributed by atoms with Gasteiger partial charge in [-0.05, 0) is 61.5 Å². The number of hydrogen-bond acceptors (Lipinski definition) is 3. The van der Waals surface area contributed by atoms with Crippen molar-refractivity contribution in [2.45, 2.75) is 39.8 Å². The molecular formula is C21H27FN2O2. The summed E-state index contributed by atoms with van der Waals surface area (Å²) in [6.45, 7) is 9.07. The van der Waals surface area contributed by atoms with Crippen molar-refractivity contribution in [1.29, 1.82) is 0 Å². The minimum atomic E-state index is -0.629. The Labute approximate surface area is 155 Å². The summed E-state index contributed by atoms with van der Waals surface area (Å²) >= 11 is 0. The van der Waals surface area contributed by atoms with Crippen LogP contribution in [0.5, 0.6) is 5.75 Å². The summed E-state index contributed by atoms with van der Waals surface area (Å²) in [5.41, 5.74) is 1.95. The van der Waals surface area contributed by atoms with Crippen LogP contribution >= 0.6 is 0 Å². The molecule has 0 fully saturated rings. The summed E-state index contributed by atoms with van der Waals surface area (Å²) < 4.78 is 18.6. The summed E-state index contributed by atoms with van der Waals surface area (Å²) in [6, 6.07) is 13.5. The van der Waals surface area contributed by atoms with Crippen molar-refractivity contribution in [3.8, 4) is 5.75 Å². The van der Waals surface area contributed by atoms with Gasteiger partial charge in [-0.2, -0.15) is 0 Å². The van der Waals surface area contributed by atoms with Crippen LogP contribution in [0.2, 0.25) is 0 Å². The molecule has 0 aromatic heterocycles. The van der Waals surface area contributed by atoms with E-state index in [1.165, 1.54) is 29.8 Å². The first-order chi connectivity index (χ1) is 12.5. The molecule has 0 saturated heterocycles. The Balaban J connectivity index is 1.95. The van der Waals surface area contributed by atoms with E-state index < -0.39 is 6.10 Å². The second kappa shape index (κ2) is 9.92. The van der Waals surface area contributed by atoms with Crippen LogP contribution in [0.3, 0.4) is 0 Å². The van der Waals surface area contributed by atoms with Crippen LogP contribution in [0.25, 0.3) is 0 Å². The van der Waals surface area contributed by atoms with Gasteiger partial charge in [-0.25, -0.2) is 4.39 Å². The molecule has 1 amide bonds. The third-order valence-corrected chi connectivity index (χ3v) is 4.28. The lowest BCUT2D eigenvalue weighted by molar-refractivity contribution is -0.122. The summed E-state index contributed by atoms with van der Waals surface area (Å²) in [7, 11) is 0. The Morgan fingerprint density at radius 3 is 2.19 bits per heavy atom. The fourth-order valence-corrected chi connectivity index (χ4v) is 2.62. The van der Waals surface area contributed by atoms with Gasteiger partial charge < -0.3 is 10.1 Å². The zero-order chi connectivity index (χ0) is 18.9. The number of ether oxygens (including phenoxy) is 1. The number of rotatable bonds is 9. The second-order valence-corrected chi connectivity index (χ2v) is 6.12. The average molecular weight is 358 g/mol. The van der Waals surface area contributed by atoms with E-state index in [2.05, 4.69) is 24.1 Å². The summed E-state index contributed by atoms with van der Waals surface area (Å²) in [5, 5.41) is 2.88. The van der Waals surface area contributed by atoms with Crippen molar-refractivity contribution in [2.75, 3.05) is 18.4 Å². The van der Waals surface area contributed by atoms with E-state index in [1.807, 2.05) is 31.2 Å². The third kappa shape index (κ3) is 5.85. The van der Waals surface area contributed by atoms with E-state index >= 15 is 0 Å². The number of carbonyl (C=O) groups excluding carboxylic acids is 1. The Hall–Kier alpha value is -2.40. The van der Waals surface area contributed by atoms with Gasteiger partial charge in [-0.15, -0.1) is 0 Å². The van der Waals surface area contributed by atoms with Crippen LogP contribution < -0.4 is 10.1 Å². The predicted molar refractivity (Wildman–Crippen MR) is 103 cm³/mol. The highest BCUT2D eigenvalue weighted by Gasteiger charge is 2.18. The van der Waals surface area contributed by atoms with Gasteiger partial charge in [0.1, 0.15) is 11.6 Å². The van der Waals surface area contributed by atoms with Crippen molar-refractivity contribution in [2.24, 2.45) is 0 Å². The van der Waals surface area contributed by atoms with E-state index in [-0.39, 0.29) is 11.7 Å². The highest BCUT2D eigenvalue weighted by Crippen LogP contribution is 2.17. The molecule has 140 valence electrons. The molecule has 1 N–H and O–H groups in total. The molecule has 0 bridgehead atoms. The quantitative estimate of drug-likeness (QED) is 0.719. The lowest BCUT2D eigenvalue weighted by Crippen LogP contribution is -2.32. The maximum Gasteiger partial charge on any atom is 0.265 e. The van der Waals surface area contributed by atoms with Gasteiger partial charge in [0, 0.05) is 12.2 Å². The zero-order valence-corrected chi connectivity index (χ0v) is 15.7. The van der Waals surface area contributed by atoms with Crippen LogP contribution in [0, 0.1) is 5.82 Å². The summed E-state index contributed by atoms with van der Waals surface area (Å²) in [4.78, 5) is 14.8. The Morgan fingerprint density at radius 2 is 1.65 bits per heavy atom. The fraction of sp³-hybridized carbons (Fsp3) is 0.381. The van der Waals surface area contributed by atoms with E-state index in [4.69, 9.17) is 4.74 Å². The summed E-state index contributed by atoms with van der Waals surface area (Å²) in [6.07, 6.45) is -0.112. The molecule has 2 rings (SSSR count). The van der Waals surface area contributed by atoms with Crippen LogP contribution in [0.1, 0.15) is 32.8 Å². The van der Waals surface area contributed by atoms with E-state index in [1.54, 1.807) is 0 Å². The van der Waals surface area contributed by atoms with Gasteiger partial charge in [-0.1, -0.05) is 32.9 Å². The predicted octanol–water partition coefficient (Wildman–Crippen LogP) is 4.46. The average Bonchev–Trinajstić information content (AvgIpc) is 2.66. The van der Waals surface area contributed by atoms with E-state index in [9.17, 15) is 9.18 Å². The topological polar surface area (TPSA) is 41.6 Å². The van der Waals surface area contributed by atoms with Crippen molar-refractivity contribution >= 4 is 11.6 Å². The molecule has 0 aliphatic carbocycles. The molecule has 0 heterocycles. The normalized spacial score (nSPS) is 12.0. The second-order valence-electron chi connectivity index (χ2n) is 6.12. The van der Waals surface area contributed by atoms with Crippen LogP contribution in [0.15, 0.2) is 48.5 Å². The molecule has 2 aromatic rings. The molecule has 0 aliphatic heterocycles. The lowest BCUT2D eigenvalue weighted by Gasteiger charge is -2.19. The molecule has 5 heteroatoms. The highest BCUT2D eigenvalue weighted by molar-refractivity contribution is 5.94. The van der Waals surface area contributed by atoms with Gasteiger partial charge in [0.2, 0.25) is 0 Å². The van der Waals surface area contributed by atoms with Gasteiger partial charge in [-0.3, -0.25) is 9.69 Å². The Kier molecular flexibility index (Phi) is 7.60. The molecule has 26 heavy (non-hydrogen) atoms. The minimum absolute atomic E-state index is 0.215. The van der Waals surface area contributed by atoms with Crippen LogP contribution in [0.4, 0.5) is 10.1 Å². The Morgan fingerprint density at radius 1 is 1.04 bits per heavy atom. The van der Waals surface area contributed by atoms with Crippen molar-refractivity contribution in [3.05, 3.63) is 59.9 Å². The largest absolute Gasteiger partial charge is 0.481 e. The monoisotopic (exact) mass is 358 g/mol. The Bertz CT molecular complexity index is 682. The molecule has 4 nitrogen and oxygen atoms in total. The molecule has 0 aliphatic rings. The van der Waals surface area contributed by atoms with E-state index in [0.29, 0.717) is 12.2 Å². The molecule has 0 radical (unpaired) electrons. The maximum absolute atomic E-state index is 13.0. The number of nitrogens with zero attached hydrogens (tertiary/aromatic N) is 1. The number of benzene rings is 2. The first-order valence-corrected chi connectivity index (χ1v) is 9.10. The van der Waals surface area contributed by atoms with Crippen molar-refractivity contribution < 1.29 is 13.9 Å². The van der Waals surface area contributed by atoms with Gasteiger partial charge in [0.15, 0.2) is 6.10 Å². The number of hydrogen-bond donors (Lipinski definition) is 1. The first kappa shape index (κ1) is 19.9. The molecule has 0 unspecified atom stereocenters. The first-order valence-electron chi connectivity index (χ1n) is 9.10. The molecular weight excluding hydrogens is 331 g/mol. The smallest absolute Gasteiger partial charge is 0.265 e. The molecule has 1 atom stereocenters. The minimum Gasteiger partial charge on any atom is -0.481 e. The molecule has 0 saturated carbocycles. The van der Waals surface area contributed by atoms with Crippen LogP contribution in [-0.2, 0) is 11.3 Å². The number of nitrogens with one attached hydrogen (secondary N) is 1. The number of amides is 1. The summed E-state index contributed by atoms with van der Waals surface area (Å²) in [5.74, 6) is -0.0732. The number of carbonyl (C=O) groups is 1. The van der Waals surface area contributed by atoms with Gasteiger partial charge in [0.05, 0.1) is 0 Å². The zero-order valence-electron chi connectivity index (χ0n) is 15.7. The van der Waals surface area contributed by atoms with Gasteiger partial charge >= 0.3 is 0 Å². The molecule has 2 aromatic carbocycles.